The van der Waals surface area contributed by atoms with Crippen molar-refractivity contribution in [2.45, 2.75) is 45.6 Å². The van der Waals surface area contributed by atoms with Gasteiger partial charge in [-0.05, 0) is 60.6 Å². The van der Waals surface area contributed by atoms with Crippen LogP contribution in [-0.4, -0.2) is 30.2 Å². The van der Waals surface area contributed by atoms with E-state index in [0.717, 1.165) is 29.8 Å². The monoisotopic (exact) mass is 577 g/mol. The van der Waals surface area contributed by atoms with Crippen molar-refractivity contribution >= 4 is 34.8 Å². The first-order valence-corrected chi connectivity index (χ1v) is 15.5. The standard InChI is InChI=1S/C35H35N3O3S/c1-4-41-34(40)30-31(26-10-6-5-7-11-26)36-35-38(32(30)27-16-14-25(15-17-27)23(2)3)33(39)29(42-35)22-24-12-18-28(19-13-24)37-20-8-9-21-37/h5-7,10-19,22-23,32H,4,8-9,20-21H2,1-3H3/b29-22+/t32-/m1/s1. The van der Waals surface area contributed by atoms with Gasteiger partial charge in [-0.3, -0.25) is 9.36 Å². The van der Waals surface area contributed by atoms with Gasteiger partial charge in [0.15, 0.2) is 4.80 Å². The molecule has 6 rings (SSSR count). The molecule has 214 valence electrons. The Bertz CT molecular complexity index is 1790. The second-order valence-corrected chi connectivity index (χ2v) is 12.0. The summed E-state index contributed by atoms with van der Waals surface area (Å²) in [5, 5.41) is 0. The van der Waals surface area contributed by atoms with Crippen LogP contribution in [0.15, 0.2) is 94.2 Å². The maximum atomic E-state index is 14.1. The maximum absolute atomic E-state index is 14.1. The Balaban J connectivity index is 1.54. The molecule has 4 aromatic rings. The summed E-state index contributed by atoms with van der Waals surface area (Å²) in [6.45, 7) is 8.48. The number of hydrogen-bond donors (Lipinski definition) is 0. The van der Waals surface area contributed by atoms with Crippen LogP contribution < -0.4 is 19.8 Å². The second kappa shape index (κ2) is 11.9. The first-order valence-electron chi connectivity index (χ1n) is 14.7. The van der Waals surface area contributed by atoms with Crippen molar-refractivity contribution in [3.8, 4) is 0 Å². The fourth-order valence-corrected chi connectivity index (χ4v) is 6.73. The normalized spacial score (nSPS) is 17.0. The number of thiazole rings is 1. The molecule has 2 aliphatic rings. The van der Waals surface area contributed by atoms with Gasteiger partial charge in [0.1, 0.15) is 0 Å². The van der Waals surface area contributed by atoms with E-state index < -0.39 is 12.0 Å². The Morgan fingerprint density at radius 3 is 2.33 bits per heavy atom. The molecule has 0 bridgehead atoms. The topological polar surface area (TPSA) is 63.9 Å². The van der Waals surface area contributed by atoms with Gasteiger partial charge in [0, 0.05) is 24.3 Å². The molecule has 1 saturated heterocycles. The molecule has 0 spiro atoms. The molecule has 1 fully saturated rings. The van der Waals surface area contributed by atoms with Crippen LogP contribution in [-0.2, 0) is 9.53 Å². The second-order valence-electron chi connectivity index (χ2n) is 11.0. The van der Waals surface area contributed by atoms with Gasteiger partial charge in [-0.25, -0.2) is 9.79 Å². The third kappa shape index (κ3) is 5.37. The molecule has 6 nitrogen and oxygen atoms in total. The number of ether oxygens (including phenoxy) is 1. The fraction of sp³-hybridized carbons (Fsp3) is 0.286. The Morgan fingerprint density at radius 2 is 1.69 bits per heavy atom. The minimum absolute atomic E-state index is 0.172. The van der Waals surface area contributed by atoms with E-state index in [0.29, 0.717) is 26.5 Å². The number of hydrogen-bond acceptors (Lipinski definition) is 6. The molecule has 0 N–H and O–H groups in total. The SMILES string of the molecule is CCOC(=O)C1=C(c2ccccc2)N=c2s/c(=C/c3ccc(N4CCCC4)cc3)c(=O)n2[C@@H]1c1ccc(C(C)C)cc1. The number of esters is 1. The average molecular weight is 578 g/mol. The summed E-state index contributed by atoms with van der Waals surface area (Å²) in [6.07, 6.45) is 4.37. The van der Waals surface area contributed by atoms with Crippen LogP contribution in [0, 0.1) is 0 Å². The lowest BCUT2D eigenvalue weighted by molar-refractivity contribution is -0.138. The van der Waals surface area contributed by atoms with Crippen LogP contribution in [0.5, 0.6) is 0 Å². The van der Waals surface area contributed by atoms with E-state index in [1.807, 2.05) is 48.5 Å². The van der Waals surface area contributed by atoms with E-state index in [2.05, 4.69) is 55.1 Å². The van der Waals surface area contributed by atoms with Gasteiger partial charge in [0.2, 0.25) is 0 Å². The van der Waals surface area contributed by atoms with E-state index in [4.69, 9.17) is 9.73 Å². The first kappa shape index (κ1) is 27.9. The number of carbonyl (C=O) groups is 1. The molecular weight excluding hydrogens is 542 g/mol. The van der Waals surface area contributed by atoms with Gasteiger partial charge < -0.3 is 9.64 Å². The fourth-order valence-electron chi connectivity index (χ4n) is 5.73. The third-order valence-corrected chi connectivity index (χ3v) is 8.94. The molecule has 0 aliphatic carbocycles. The van der Waals surface area contributed by atoms with Crippen LogP contribution in [0.1, 0.15) is 67.8 Å². The van der Waals surface area contributed by atoms with Crippen LogP contribution in [0.4, 0.5) is 5.69 Å². The zero-order valence-corrected chi connectivity index (χ0v) is 25.1. The van der Waals surface area contributed by atoms with Crippen molar-refractivity contribution in [3.63, 3.8) is 0 Å². The lowest BCUT2D eigenvalue weighted by atomic mass is 9.91. The minimum atomic E-state index is -0.670. The molecule has 2 aliphatic heterocycles. The van der Waals surface area contributed by atoms with Gasteiger partial charge in [0.25, 0.3) is 5.56 Å². The molecule has 1 aromatic heterocycles. The molecule has 0 unspecified atom stereocenters. The average Bonchev–Trinajstić information content (AvgIpc) is 3.66. The van der Waals surface area contributed by atoms with Crippen LogP contribution in [0.2, 0.25) is 0 Å². The van der Waals surface area contributed by atoms with E-state index >= 15 is 0 Å². The quantitative estimate of drug-likeness (QED) is 0.266. The van der Waals surface area contributed by atoms with E-state index in [1.54, 1.807) is 11.5 Å². The van der Waals surface area contributed by atoms with Gasteiger partial charge in [0.05, 0.1) is 28.5 Å². The summed E-state index contributed by atoms with van der Waals surface area (Å²) >= 11 is 1.35. The summed E-state index contributed by atoms with van der Waals surface area (Å²) in [7, 11) is 0. The lowest BCUT2D eigenvalue weighted by Crippen LogP contribution is -2.40. The molecular formula is C35H35N3O3S. The molecule has 7 heteroatoms. The van der Waals surface area contributed by atoms with Crippen LogP contribution >= 0.6 is 11.3 Å². The molecule has 0 amide bonds. The maximum Gasteiger partial charge on any atom is 0.338 e. The van der Waals surface area contributed by atoms with Crippen LogP contribution in [0.3, 0.4) is 0 Å². The van der Waals surface area contributed by atoms with E-state index in [9.17, 15) is 9.59 Å². The highest BCUT2D eigenvalue weighted by molar-refractivity contribution is 7.07. The summed E-state index contributed by atoms with van der Waals surface area (Å²) in [4.78, 5) is 35.7. The summed E-state index contributed by atoms with van der Waals surface area (Å²) in [5.41, 5.74) is 5.73. The lowest BCUT2D eigenvalue weighted by Gasteiger charge is -2.26. The Kier molecular flexibility index (Phi) is 7.94. The zero-order chi connectivity index (χ0) is 29.2. The predicted octanol–water partition coefficient (Wildman–Crippen LogP) is 5.66. The Morgan fingerprint density at radius 1 is 1.00 bits per heavy atom. The number of aromatic nitrogens is 1. The van der Waals surface area contributed by atoms with Crippen molar-refractivity contribution in [1.82, 2.24) is 4.57 Å². The number of rotatable bonds is 7. The minimum Gasteiger partial charge on any atom is -0.463 e. The highest BCUT2D eigenvalue weighted by Crippen LogP contribution is 2.35. The molecule has 3 heterocycles. The van der Waals surface area contributed by atoms with Crippen molar-refractivity contribution < 1.29 is 9.53 Å². The third-order valence-electron chi connectivity index (χ3n) is 7.95. The molecule has 3 aromatic carbocycles. The number of benzene rings is 3. The van der Waals surface area contributed by atoms with Gasteiger partial charge in [-0.1, -0.05) is 91.9 Å². The van der Waals surface area contributed by atoms with Crippen LogP contribution in [0.25, 0.3) is 11.8 Å². The van der Waals surface area contributed by atoms with Crippen molar-refractivity contribution in [2.75, 3.05) is 24.6 Å². The molecule has 0 radical (unpaired) electrons. The van der Waals surface area contributed by atoms with Gasteiger partial charge in [-0.2, -0.15) is 0 Å². The number of carbonyl (C=O) groups excluding carboxylic acids is 1. The summed E-state index contributed by atoms with van der Waals surface area (Å²) in [5.74, 6) is -0.109. The van der Waals surface area contributed by atoms with Crippen molar-refractivity contribution in [1.29, 1.82) is 0 Å². The Labute approximate surface area is 249 Å². The number of anilines is 1. The summed E-state index contributed by atoms with van der Waals surface area (Å²) in [6, 6.07) is 25.5. The van der Waals surface area contributed by atoms with Crippen molar-refractivity contribution in [2.24, 2.45) is 4.99 Å². The highest BCUT2D eigenvalue weighted by Gasteiger charge is 2.35. The largest absolute Gasteiger partial charge is 0.463 e. The van der Waals surface area contributed by atoms with Crippen molar-refractivity contribution in [3.05, 3.63) is 126 Å². The predicted molar refractivity (Wildman–Crippen MR) is 169 cm³/mol. The van der Waals surface area contributed by atoms with Gasteiger partial charge in [-0.15, -0.1) is 0 Å². The van der Waals surface area contributed by atoms with E-state index in [1.165, 1.54) is 35.4 Å². The smallest absolute Gasteiger partial charge is 0.338 e. The highest BCUT2D eigenvalue weighted by atomic mass is 32.1. The Hall–Kier alpha value is -4.23. The summed E-state index contributed by atoms with van der Waals surface area (Å²) < 4.78 is 7.81. The zero-order valence-electron chi connectivity index (χ0n) is 24.2. The molecule has 0 saturated carbocycles. The molecule has 1 atom stereocenters. The van der Waals surface area contributed by atoms with Gasteiger partial charge >= 0.3 is 5.97 Å². The first-order chi connectivity index (χ1) is 20.4. The molecule has 42 heavy (non-hydrogen) atoms. The van der Waals surface area contributed by atoms with E-state index in [-0.39, 0.29) is 12.2 Å². The number of fused-ring (bicyclic) bond motifs is 1. The number of nitrogens with zero attached hydrogens (tertiary/aromatic N) is 3.